The van der Waals surface area contributed by atoms with Gasteiger partial charge in [-0.25, -0.2) is 4.98 Å². The minimum absolute atomic E-state index is 0.227. The van der Waals surface area contributed by atoms with Crippen LogP contribution in [0.15, 0.2) is 18.2 Å². The zero-order valence-corrected chi connectivity index (χ0v) is 8.47. The molecule has 1 aromatic heterocycles. The molecule has 0 radical (unpaired) electrons. The fourth-order valence-corrected chi connectivity index (χ4v) is 1.82. The van der Waals surface area contributed by atoms with Gasteiger partial charge in [0.2, 0.25) is 5.88 Å². The predicted molar refractivity (Wildman–Crippen MR) is 56.9 cm³/mol. The Morgan fingerprint density at radius 1 is 1.27 bits per heavy atom. The van der Waals surface area contributed by atoms with Gasteiger partial charge in [0, 0.05) is 6.07 Å². The van der Waals surface area contributed by atoms with Crippen LogP contribution in [0.25, 0.3) is 0 Å². The number of hydrogen-bond donors (Lipinski definition) is 2. The van der Waals surface area contributed by atoms with Crippen LogP contribution in [-0.2, 0) is 0 Å². The van der Waals surface area contributed by atoms with Crippen LogP contribution < -0.4 is 10.3 Å². The summed E-state index contributed by atoms with van der Waals surface area (Å²) >= 11 is 0. The first-order valence-corrected chi connectivity index (χ1v) is 5.25. The first-order chi connectivity index (χ1) is 7.25. The lowest BCUT2D eigenvalue weighted by molar-refractivity contribution is 0.201. The van der Waals surface area contributed by atoms with Crippen LogP contribution >= 0.6 is 0 Å². The Morgan fingerprint density at radius 3 is 2.67 bits per heavy atom. The number of rotatable bonds is 3. The van der Waals surface area contributed by atoms with Gasteiger partial charge in [0.1, 0.15) is 6.10 Å². The molecule has 0 bridgehead atoms. The molecule has 0 saturated heterocycles. The van der Waals surface area contributed by atoms with Crippen molar-refractivity contribution in [1.29, 1.82) is 0 Å². The molecule has 1 heterocycles. The van der Waals surface area contributed by atoms with E-state index in [0.717, 1.165) is 12.8 Å². The molecule has 4 nitrogen and oxygen atoms in total. The van der Waals surface area contributed by atoms with E-state index >= 15 is 0 Å². The Kier molecular flexibility index (Phi) is 3.23. The van der Waals surface area contributed by atoms with Crippen molar-refractivity contribution in [2.75, 3.05) is 0 Å². The highest BCUT2D eigenvalue weighted by atomic mass is 16.5. The van der Waals surface area contributed by atoms with Gasteiger partial charge >= 0.3 is 7.12 Å². The molecule has 0 aliphatic heterocycles. The highest BCUT2D eigenvalue weighted by Crippen LogP contribution is 2.22. The van der Waals surface area contributed by atoms with Gasteiger partial charge in [0.25, 0.3) is 0 Å². The van der Waals surface area contributed by atoms with E-state index in [-0.39, 0.29) is 11.7 Å². The third-order valence-electron chi connectivity index (χ3n) is 2.60. The number of ether oxygens (including phenoxy) is 1. The van der Waals surface area contributed by atoms with E-state index in [4.69, 9.17) is 14.8 Å². The summed E-state index contributed by atoms with van der Waals surface area (Å²) in [4.78, 5) is 4.01. The molecular weight excluding hydrogens is 193 g/mol. The van der Waals surface area contributed by atoms with Crippen molar-refractivity contribution < 1.29 is 14.8 Å². The average Bonchev–Trinajstić information content (AvgIpc) is 2.71. The molecule has 5 heteroatoms. The van der Waals surface area contributed by atoms with Crippen LogP contribution in [0.4, 0.5) is 0 Å². The van der Waals surface area contributed by atoms with E-state index < -0.39 is 7.12 Å². The molecule has 0 amide bonds. The third kappa shape index (κ3) is 2.70. The summed E-state index contributed by atoms with van der Waals surface area (Å²) in [6, 6.07) is 5.02. The van der Waals surface area contributed by atoms with E-state index in [2.05, 4.69) is 4.98 Å². The van der Waals surface area contributed by atoms with Crippen molar-refractivity contribution in [2.24, 2.45) is 0 Å². The molecule has 1 aliphatic carbocycles. The average molecular weight is 207 g/mol. The summed E-state index contributed by atoms with van der Waals surface area (Å²) in [6.07, 6.45) is 4.77. The first kappa shape index (κ1) is 10.5. The molecule has 1 aromatic rings. The minimum Gasteiger partial charge on any atom is -0.474 e. The van der Waals surface area contributed by atoms with E-state index in [1.54, 1.807) is 18.2 Å². The molecule has 0 atom stereocenters. The first-order valence-electron chi connectivity index (χ1n) is 5.25. The molecule has 0 spiro atoms. The molecule has 2 N–H and O–H groups in total. The van der Waals surface area contributed by atoms with Gasteiger partial charge in [-0.1, -0.05) is 6.07 Å². The van der Waals surface area contributed by atoms with Crippen molar-refractivity contribution in [1.82, 2.24) is 4.98 Å². The van der Waals surface area contributed by atoms with E-state index in [1.807, 2.05) is 0 Å². The van der Waals surface area contributed by atoms with Crippen LogP contribution in [0.2, 0.25) is 0 Å². The number of aromatic nitrogens is 1. The van der Waals surface area contributed by atoms with Crippen molar-refractivity contribution in [2.45, 2.75) is 31.8 Å². The maximum absolute atomic E-state index is 8.95. The topological polar surface area (TPSA) is 62.6 Å². The summed E-state index contributed by atoms with van der Waals surface area (Å²) < 4.78 is 5.63. The summed E-state index contributed by atoms with van der Waals surface area (Å²) in [5.74, 6) is 0.479. The summed E-state index contributed by atoms with van der Waals surface area (Å²) in [5, 5.41) is 17.9. The van der Waals surface area contributed by atoms with Crippen LogP contribution in [0.1, 0.15) is 25.7 Å². The second-order valence-corrected chi connectivity index (χ2v) is 3.80. The Labute approximate surface area is 89.1 Å². The Hall–Kier alpha value is -1.07. The predicted octanol–water partition coefficient (Wildman–Crippen LogP) is 0.0828. The maximum atomic E-state index is 8.95. The van der Waals surface area contributed by atoms with E-state index in [0.29, 0.717) is 5.88 Å². The van der Waals surface area contributed by atoms with Crippen LogP contribution in [0.3, 0.4) is 0 Å². The summed E-state index contributed by atoms with van der Waals surface area (Å²) in [6.45, 7) is 0. The van der Waals surface area contributed by atoms with Gasteiger partial charge in [0.05, 0.1) is 5.59 Å². The van der Waals surface area contributed by atoms with E-state index in [1.165, 1.54) is 12.8 Å². The number of nitrogens with zero attached hydrogens (tertiary/aromatic N) is 1. The van der Waals surface area contributed by atoms with E-state index in [9.17, 15) is 0 Å². The molecular formula is C10H14BNO3. The minimum atomic E-state index is -1.53. The lowest BCUT2D eigenvalue weighted by Crippen LogP contribution is -2.32. The Balaban J connectivity index is 2.04. The Morgan fingerprint density at radius 2 is 2.00 bits per heavy atom. The highest BCUT2D eigenvalue weighted by molar-refractivity contribution is 6.57. The number of hydrogen-bond acceptors (Lipinski definition) is 4. The van der Waals surface area contributed by atoms with Gasteiger partial charge in [0.15, 0.2) is 0 Å². The fraction of sp³-hybridized carbons (Fsp3) is 0.500. The molecule has 80 valence electrons. The fourth-order valence-electron chi connectivity index (χ4n) is 1.82. The quantitative estimate of drug-likeness (QED) is 0.689. The molecule has 2 rings (SSSR count). The summed E-state index contributed by atoms with van der Waals surface area (Å²) in [5.41, 5.74) is 0.227. The third-order valence-corrected chi connectivity index (χ3v) is 2.60. The second-order valence-electron chi connectivity index (χ2n) is 3.80. The van der Waals surface area contributed by atoms with Gasteiger partial charge in [-0.15, -0.1) is 0 Å². The van der Waals surface area contributed by atoms with Crippen LogP contribution in [0.5, 0.6) is 5.88 Å². The Bertz CT molecular complexity index is 326. The largest absolute Gasteiger partial charge is 0.508 e. The maximum Gasteiger partial charge on any atom is 0.508 e. The zero-order valence-electron chi connectivity index (χ0n) is 8.47. The normalized spacial score (nSPS) is 16.7. The molecule has 0 aromatic carbocycles. The molecule has 1 saturated carbocycles. The van der Waals surface area contributed by atoms with Crippen molar-refractivity contribution >= 4 is 12.7 Å². The molecule has 1 fully saturated rings. The van der Waals surface area contributed by atoms with Gasteiger partial charge in [-0.3, -0.25) is 0 Å². The molecule has 1 aliphatic rings. The standard InChI is InChI=1S/C10H14BNO3/c13-11(14)9-6-3-7-10(12-9)15-8-4-1-2-5-8/h3,6-8,13-14H,1-2,4-5H2. The van der Waals surface area contributed by atoms with Gasteiger partial charge < -0.3 is 14.8 Å². The lowest BCUT2D eigenvalue weighted by Gasteiger charge is -2.12. The zero-order chi connectivity index (χ0) is 10.7. The number of pyridine rings is 1. The van der Waals surface area contributed by atoms with Crippen molar-refractivity contribution in [3.8, 4) is 5.88 Å². The monoisotopic (exact) mass is 207 g/mol. The smallest absolute Gasteiger partial charge is 0.474 e. The van der Waals surface area contributed by atoms with Crippen LogP contribution in [-0.4, -0.2) is 28.3 Å². The van der Waals surface area contributed by atoms with Crippen LogP contribution in [0, 0.1) is 0 Å². The SMILES string of the molecule is OB(O)c1cccc(OC2CCCC2)n1. The van der Waals surface area contributed by atoms with Crippen molar-refractivity contribution in [3.05, 3.63) is 18.2 Å². The highest BCUT2D eigenvalue weighted by Gasteiger charge is 2.18. The molecule has 0 unspecified atom stereocenters. The second kappa shape index (κ2) is 4.64. The lowest BCUT2D eigenvalue weighted by atomic mass is 9.86. The summed E-state index contributed by atoms with van der Waals surface area (Å²) in [7, 11) is -1.53. The molecule has 15 heavy (non-hydrogen) atoms. The van der Waals surface area contributed by atoms with Crippen molar-refractivity contribution in [3.63, 3.8) is 0 Å². The van der Waals surface area contributed by atoms with Gasteiger partial charge in [-0.05, 0) is 31.7 Å². The van der Waals surface area contributed by atoms with Gasteiger partial charge in [-0.2, -0.15) is 0 Å².